The molecule has 0 saturated heterocycles. The first-order valence-electron chi connectivity index (χ1n) is 5.37. The fourth-order valence-corrected chi connectivity index (χ4v) is 2.01. The zero-order valence-corrected chi connectivity index (χ0v) is 11.2. The summed E-state index contributed by atoms with van der Waals surface area (Å²) < 4.78 is 0. The van der Waals surface area contributed by atoms with Gasteiger partial charge in [0, 0.05) is 16.1 Å². The average molecular weight is 258 g/mol. The Morgan fingerprint density at radius 1 is 1.44 bits per heavy atom. The van der Waals surface area contributed by atoms with Crippen molar-refractivity contribution < 1.29 is 0 Å². The molecule has 16 heavy (non-hydrogen) atoms. The molecule has 0 radical (unpaired) electrons. The second-order valence-corrected chi connectivity index (χ2v) is 4.66. The van der Waals surface area contributed by atoms with Crippen LogP contribution in [0.4, 0.5) is 0 Å². The third-order valence-electron chi connectivity index (χ3n) is 2.67. The molecule has 1 atom stereocenters. The van der Waals surface area contributed by atoms with E-state index in [0.717, 1.165) is 23.4 Å². The first-order valence-corrected chi connectivity index (χ1v) is 6.13. The zero-order valence-electron chi connectivity index (χ0n) is 9.69. The van der Waals surface area contributed by atoms with E-state index in [-0.39, 0.29) is 6.04 Å². The van der Waals surface area contributed by atoms with Gasteiger partial charge in [0.1, 0.15) is 0 Å². The molecule has 1 N–H and O–H groups in total. The smallest absolute Gasteiger partial charge is 0.0454 e. The molecule has 1 nitrogen and oxygen atoms in total. The molecule has 0 heterocycles. The number of hydrogen-bond acceptors (Lipinski definition) is 1. The van der Waals surface area contributed by atoms with Gasteiger partial charge in [0.05, 0.1) is 0 Å². The minimum absolute atomic E-state index is 0.179. The summed E-state index contributed by atoms with van der Waals surface area (Å²) in [6, 6.07) is 5.72. The molecule has 0 aliphatic carbocycles. The third kappa shape index (κ3) is 3.51. The molecule has 0 aliphatic rings. The Morgan fingerprint density at radius 3 is 2.69 bits per heavy atom. The van der Waals surface area contributed by atoms with E-state index in [2.05, 4.69) is 18.8 Å². The van der Waals surface area contributed by atoms with Crippen molar-refractivity contribution in [3.63, 3.8) is 0 Å². The first kappa shape index (κ1) is 13.6. The van der Waals surface area contributed by atoms with Crippen LogP contribution in [0.25, 0.3) is 0 Å². The Morgan fingerprint density at radius 2 is 2.12 bits per heavy atom. The highest BCUT2D eigenvalue weighted by Crippen LogP contribution is 2.30. The Bertz CT molecular complexity index is 374. The van der Waals surface area contributed by atoms with Crippen molar-refractivity contribution >= 4 is 23.2 Å². The van der Waals surface area contributed by atoms with E-state index >= 15 is 0 Å². The summed E-state index contributed by atoms with van der Waals surface area (Å²) >= 11 is 12.1. The van der Waals surface area contributed by atoms with Crippen molar-refractivity contribution in [3.05, 3.63) is 46.0 Å². The van der Waals surface area contributed by atoms with E-state index in [1.54, 1.807) is 6.07 Å². The SMILES string of the molecule is C=C(CC)CC(NC)c1cc(Cl)ccc1Cl. The summed E-state index contributed by atoms with van der Waals surface area (Å²) in [6.45, 7) is 6.13. The maximum atomic E-state index is 6.17. The highest BCUT2D eigenvalue weighted by Gasteiger charge is 2.13. The largest absolute Gasteiger partial charge is 0.313 e. The van der Waals surface area contributed by atoms with E-state index < -0.39 is 0 Å². The summed E-state index contributed by atoms with van der Waals surface area (Å²) in [5, 5.41) is 4.70. The van der Waals surface area contributed by atoms with Gasteiger partial charge in [0.15, 0.2) is 0 Å². The van der Waals surface area contributed by atoms with E-state index in [4.69, 9.17) is 23.2 Å². The lowest BCUT2D eigenvalue weighted by atomic mass is 9.98. The lowest BCUT2D eigenvalue weighted by Crippen LogP contribution is -2.17. The highest BCUT2D eigenvalue weighted by atomic mass is 35.5. The molecular weight excluding hydrogens is 241 g/mol. The minimum atomic E-state index is 0.179. The van der Waals surface area contributed by atoms with Gasteiger partial charge in [-0.05, 0) is 43.7 Å². The van der Waals surface area contributed by atoms with Crippen molar-refractivity contribution in [3.8, 4) is 0 Å². The molecule has 88 valence electrons. The summed E-state index contributed by atoms with van der Waals surface area (Å²) in [6.07, 6.45) is 1.86. The highest BCUT2D eigenvalue weighted by molar-refractivity contribution is 6.33. The molecule has 3 heteroatoms. The van der Waals surface area contributed by atoms with Crippen LogP contribution in [0.5, 0.6) is 0 Å². The van der Waals surface area contributed by atoms with Crippen molar-refractivity contribution in [2.45, 2.75) is 25.8 Å². The van der Waals surface area contributed by atoms with Crippen LogP contribution in [-0.2, 0) is 0 Å². The number of benzene rings is 1. The molecule has 0 spiro atoms. The van der Waals surface area contributed by atoms with Gasteiger partial charge in [-0.25, -0.2) is 0 Å². The zero-order chi connectivity index (χ0) is 12.1. The maximum absolute atomic E-state index is 6.17. The van der Waals surface area contributed by atoms with Crippen molar-refractivity contribution in [2.24, 2.45) is 0 Å². The molecule has 0 aliphatic heterocycles. The molecule has 0 fully saturated rings. The molecule has 0 aromatic heterocycles. The normalized spacial score (nSPS) is 12.5. The summed E-state index contributed by atoms with van der Waals surface area (Å²) in [4.78, 5) is 0. The third-order valence-corrected chi connectivity index (χ3v) is 3.25. The number of halogens is 2. The Balaban J connectivity index is 2.94. The van der Waals surface area contributed by atoms with E-state index in [1.165, 1.54) is 5.57 Å². The van der Waals surface area contributed by atoms with E-state index in [9.17, 15) is 0 Å². The second-order valence-electron chi connectivity index (χ2n) is 3.81. The molecule has 0 saturated carbocycles. The van der Waals surface area contributed by atoms with Crippen LogP contribution in [0.3, 0.4) is 0 Å². The monoisotopic (exact) mass is 257 g/mol. The Kier molecular flexibility index (Phi) is 5.33. The Hall–Kier alpha value is -0.500. The molecule has 0 amide bonds. The quantitative estimate of drug-likeness (QED) is 0.760. The van der Waals surface area contributed by atoms with Gasteiger partial charge in [-0.2, -0.15) is 0 Å². The number of rotatable bonds is 5. The predicted molar refractivity (Wildman–Crippen MR) is 72.3 cm³/mol. The van der Waals surface area contributed by atoms with Crippen LogP contribution in [0.15, 0.2) is 30.4 Å². The minimum Gasteiger partial charge on any atom is -0.313 e. The van der Waals surface area contributed by atoms with Gasteiger partial charge >= 0.3 is 0 Å². The topological polar surface area (TPSA) is 12.0 Å². The molecule has 0 bridgehead atoms. The summed E-state index contributed by atoms with van der Waals surface area (Å²) in [5.74, 6) is 0. The fraction of sp³-hybridized carbons (Fsp3) is 0.385. The molecule has 1 unspecified atom stereocenters. The van der Waals surface area contributed by atoms with Gasteiger partial charge in [0.25, 0.3) is 0 Å². The van der Waals surface area contributed by atoms with Crippen LogP contribution in [0, 0.1) is 0 Å². The van der Waals surface area contributed by atoms with Gasteiger partial charge < -0.3 is 5.32 Å². The fourth-order valence-electron chi connectivity index (χ4n) is 1.58. The van der Waals surface area contributed by atoms with Crippen LogP contribution in [0.1, 0.15) is 31.4 Å². The molecule has 1 aromatic carbocycles. The van der Waals surface area contributed by atoms with Gasteiger partial charge in [-0.1, -0.05) is 42.3 Å². The van der Waals surface area contributed by atoms with Crippen LogP contribution >= 0.6 is 23.2 Å². The molecule has 1 aromatic rings. The summed E-state index contributed by atoms with van der Waals surface area (Å²) in [7, 11) is 1.92. The Labute approximate surface area is 107 Å². The number of hydrogen-bond donors (Lipinski definition) is 1. The standard InChI is InChI=1S/C13H17Cl2N/c1-4-9(2)7-13(16-3)11-8-10(14)5-6-12(11)15/h5-6,8,13,16H,2,4,7H2,1,3H3. The van der Waals surface area contributed by atoms with Crippen LogP contribution in [0.2, 0.25) is 10.0 Å². The second kappa shape index (κ2) is 6.29. The van der Waals surface area contributed by atoms with Crippen molar-refractivity contribution in [2.75, 3.05) is 7.05 Å². The number of nitrogens with one attached hydrogen (secondary N) is 1. The van der Waals surface area contributed by atoms with Crippen molar-refractivity contribution in [1.29, 1.82) is 0 Å². The van der Waals surface area contributed by atoms with Gasteiger partial charge in [0.2, 0.25) is 0 Å². The van der Waals surface area contributed by atoms with Crippen LogP contribution in [-0.4, -0.2) is 7.05 Å². The van der Waals surface area contributed by atoms with Gasteiger partial charge in [-0.3, -0.25) is 0 Å². The molecular formula is C13H17Cl2N. The van der Waals surface area contributed by atoms with Crippen molar-refractivity contribution in [1.82, 2.24) is 5.32 Å². The molecule has 1 rings (SSSR count). The predicted octanol–water partition coefficient (Wildman–Crippen LogP) is 4.61. The lowest BCUT2D eigenvalue weighted by Gasteiger charge is -2.19. The summed E-state index contributed by atoms with van der Waals surface area (Å²) in [5.41, 5.74) is 2.24. The van der Waals surface area contributed by atoms with Crippen LogP contribution < -0.4 is 5.32 Å². The van der Waals surface area contributed by atoms with E-state index in [1.807, 2.05) is 19.2 Å². The van der Waals surface area contributed by atoms with E-state index in [0.29, 0.717) is 5.02 Å². The first-order chi connectivity index (χ1) is 7.58. The average Bonchev–Trinajstić information content (AvgIpc) is 2.29. The van der Waals surface area contributed by atoms with Gasteiger partial charge in [-0.15, -0.1) is 0 Å². The lowest BCUT2D eigenvalue weighted by molar-refractivity contribution is 0.583. The maximum Gasteiger partial charge on any atom is 0.0454 e.